The van der Waals surface area contributed by atoms with Crippen molar-refractivity contribution in [2.75, 3.05) is 20.1 Å². The molecule has 1 aromatic rings. The fourth-order valence-corrected chi connectivity index (χ4v) is 3.34. The third kappa shape index (κ3) is 2.11. The van der Waals surface area contributed by atoms with Crippen LogP contribution < -0.4 is 5.32 Å². The van der Waals surface area contributed by atoms with Crippen LogP contribution in [0, 0.1) is 0 Å². The van der Waals surface area contributed by atoms with E-state index in [1.807, 2.05) is 7.05 Å². The van der Waals surface area contributed by atoms with Gasteiger partial charge in [0.25, 0.3) is 10.0 Å². The van der Waals surface area contributed by atoms with E-state index in [-0.39, 0.29) is 11.1 Å². The largest absolute Gasteiger partial charge is 0.335 e. The number of likely N-dealkylation sites (N-methyl/N-ethyl adjacent to an activating group) is 1. The van der Waals surface area contributed by atoms with Gasteiger partial charge in [-0.2, -0.15) is 4.31 Å². The van der Waals surface area contributed by atoms with Crippen molar-refractivity contribution in [3.63, 3.8) is 0 Å². The summed E-state index contributed by atoms with van der Waals surface area (Å²) >= 11 is 0. The summed E-state index contributed by atoms with van der Waals surface area (Å²) in [5, 5.41) is 3.29. The zero-order valence-corrected chi connectivity index (χ0v) is 10.00. The lowest BCUT2D eigenvalue weighted by molar-refractivity contribution is 0.292. The second-order valence-corrected chi connectivity index (χ2v) is 5.81. The minimum Gasteiger partial charge on any atom is -0.335 e. The van der Waals surface area contributed by atoms with Crippen LogP contribution in [-0.2, 0) is 10.0 Å². The predicted octanol–water partition coefficient (Wildman–Crippen LogP) is -0.218. The summed E-state index contributed by atoms with van der Waals surface area (Å²) < 4.78 is 25.8. The number of nitrogens with one attached hydrogen (secondary N) is 2. The molecule has 1 aromatic heterocycles. The standard InChI is InChI=1S/C9H16N4O2S/c1-10-8-3-2-4-13(6-8)16(14,15)9-5-11-7-12-9/h5,7-8,10H,2-4,6H2,1H3,(H,11,12). The average molecular weight is 244 g/mol. The van der Waals surface area contributed by atoms with Gasteiger partial charge in [-0.05, 0) is 19.9 Å². The number of hydrogen-bond donors (Lipinski definition) is 2. The summed E-state index contributed by atoms with van der Waals surface area (Å²) in [6, 6.07) is 0.242. The molecule has 2 N–H and O–H groups in total. The summed E-state index contributed by atoms with van der Waals surface area (Å²) in [5.41, 5.74) is 0. The average Bonchev–Trinajstić information content (AvgIpc) is 2.83. The molecule has 1 aliphatic rings. The van der Waals surface area contributed by atoms with Crippen LogP contribution in [0.15, 0.2) is 17.6 Å². The smallest absolute Gasteiger partial charge is 0.260 e. The van der Waals surface area contributed by atoms with Crippen molar-refractivity contribution in [2.24, 2.45) is 0 Å². The highest BCUT2D eigenvalue weighted by molar-refractivity contribution is 7.89. The molecule has 0 aromatic carbocycles. The van der Waals surface area contributed by atoms with Gasteiger partial charge in [-0.15, -0.1) is 0 Å². The first-order valence-electron chi connectivity index (χ1n) is 5.30. The lowest BCUT2D eigenvalue weighted by atomic mass is 10.1. The van der Waals surface area contributed by atoms with Gasteiger partial charge < -0.3 is 10.3 Å². The van der Waals surface area contributed by atoms with Crippen LogP contribution in [0.25, 0.3) is 0 Å². The number of imidazole rings is 1. The summed E-state index contributed by atoms with van der Waals surface area (Å²) in [6.45, 7) is 1.11. The molecule has 0 spiro atoms. The van der Waals surface area contributed by atoms with E-state index in [1.54, 1.807) is 0 Å². The van der Waals surface area contributed by atoms with Gasteiger partial charge in [-0.3, -0.25) is 0 Å². The van der Waals surface area contributed by atoms with E-state index in [4.69, 9.17) is 0 Å². The molecule has 1 atom stereocenters. The van der Waals surface area contributed by atoms with Gasteiger partial charge >= 0.3 is 0 Å². The van der Waals surface area contributed by atoms with Crippen molar-refractivity contribution in [3.05, 3.63) is 12.5 Å². The molecule has 7 heteroatoms. The molecule has 0 bridgehead atoms. The number of nitrogens with zero attached hydrogens (tertiary/aromatic N) is 2. The maximum absolute atomic E-state index is 12.1. The summed E-state index contributed by atoms with van der Waals surface area (Å²) in [7, 11) is -1.53. The minimum absolute atomic E-state index is 0.171. The monoisotopic (exact) mass is 244 g/mol. The van der Waals surface area contributed by atoms with Crippen molar-refractivity contribution in [2.45, 2.75) is 23.9 Å². The van der Waals surface area contributed by atoms with Crippen LogP contribution in [0.3, 0.4) is 0 Å². The summed E-state index contributed by atoms with van der Waals surface area (Å²) in [5.74, 6) is 0. The minimum atomic E-state index is -3.39. The SMILES string of the molecule is CNC1CCCN(S(=O)(=O)c2cnc[nH]2)C1. The Labute approximate surface area is 95.1 Å². The quantitative estimate of drug-likeness (QED) is 0.770. The van der Waals surface area contributed by atoms with E-state index in [2.05, 4.69) is 15.3 Å². The zero-order valence-electron chi connectivity index (χ0n) is 9.18. The van der Waals surface area contributed by atoms with Crippen molar-refractivity contribution in [1.82, 2.24) is 19.6 Å². The van der Waals surface area contributed by atoms with E-state index in [1.165, 1.54) is 16.8 Å². The number of rotatable bonds is 3. The molecule has 1 fully saturated rings. The molecule has 2 heterocycles. The number of hydrogen-bond acceptors (Lipinski definition) is 4. The molecule has 1 unspecified atom stereocenters. The Morgan fingerprint density at radius 2 is 2.44 bits per heavy atom. The predicted molar refractivity (Wildman–Crippen MR) is 59.4 cm³/mol. The highest BCUT2D eigenvalue weighted by atomic mass is 32.2. The normalized spacial score (nSPS) is 23.4. The van der Waals surface area contributed by atoms with Gasteiger partial charge in [0, 0.05) is 19.1 Å². The Morgan fingerprint density at radius 3 is 3.06 bits per heavy atom. The molecular weight excluding hydrogens is 228 g/mol. The molecule has 0 saturated carbocycles. The molecule has 2 rings (SSSR count). The number of aromatic amines is 1. The maximum Gasteiger partial charge on any atom is 0.260 e. The fourth-order valence-electron chi connectivity index (χ4n) is 1.92. The van der Waals surface area contributed by atoms with Crippen LogP contribution in [0.5, 0.6) is 0 Å². The van der Waals surface area contributed by atoms with Crippen LogP contribution in [0.2, 0.25) is 0 Å². The van der Waals surface area contributed by atoms with Crippen LogP contribution in [0.4, 0.5) is 0 Å². The molecule has 1 aliphatic heterocycles. The lowest BCUT2D eigenvalue weighted by Crippen LogP contribution is -2.46. The van der Waals surface area contributed by atoms with Crippen molar-refractivity contribution >= 4 is 10.0 Å². The molecule has 0 aliphatic carbocycles. The second kappa shape index (κ2) is 4.52. The number of aromatic nitrogens is 2. The molecule has 0 radical (unpaired) electrons. The van der Waals surface area contributed by atoms with Crippen molar-refractivity contribution in [3.8, 4) is 0 Å². The molecule has 1 saturated heterocycles. The Bertz CT molecular complexity index is 428. The van der Waals surface area contributed by atoms with Crippen molar-refractivity contribution < 1.29 is 8.42 Å². The molecule has 90 valence electrons. The fraction of sp³-hybridized carbons (Fsp3) is 0.667. The van der Waals surface area contributed by atoms with Gasteiger partial charge in [0.2, 0.25) is 0 Å². The Hall–Kier alpha value is -0.920. The Balaban J connectivity index is 2.18. The van der Waals surface area contributed by atoms with Gasteiger partial charge in [0.15, 0.2) is 5.03 Å². The Kier molecular flexibility index (Phi) is 3.27. The number of sulfonamides is 1. The van der Waals surface area contributed by atoms with Gasteiger partial charge in [-0.25, -0.2) is 13.4 Å². The topological polar surface area (TPSA) is 78.1 Å². The lowest BCUT2D eigenvalue weighted by Gasteiger charge is -2.31. The first-order valence-corrected chi connectivity index (χ1v) is 6.74. The van der Waals surface area contributed by atoms with Crippen molar-refractivity contribution in [1.29, 1.82) is 0 Å². The van der Waals surface area contributed by atoms with Crippen LogP contribution in [-0.4, -0.2) is 48.9 Å². The molecule has 6 nitrogen and oxygen atoms in total. The zero-order chi connectivity index (χ0) is 11.6. The Morgan fingerprint density at radius 1 is 1.62 bits per heavy atom. The van der Waals surface area contributed by atoms with Gasteiger partial charge in [0.05, 0.1) is 12.5 Å². The molecular formula is C9H16N4O2S. The van der Waals surface area contributed by atoms with E-state index >= 15 is 0 Å². The van der Waals surface area contributed by atoms with E-state index < -0.39 is 10.0 Å². The third-order valence-corrected chi connectivity index (χ3v) is 4.67. The third-order valence-electron chi connectivity index (χ3n) is 2.88. The summed E-state index contributed by atoms with van der Waals surface area (Å²) in [4.78, 5) is 6.39. The van der Waals surface area contributed by atoms with Gasteiger partial charge in [-0.1, -0.05) is 0 Å². The molecule has 16 heavy (non-hydrogen) atoms. The number of piperidine rings is 1. The molecule has 0 amide bonds. The van der Waals surface area contributed by atoms with E-state index in [0.29, 0.717) is 13.1 Å². The second-order valence-electron chi connectivity index (χ2n) is 3.91. The first-order chi connectivity index (χ1) is 7.64. The van der Waals surface area contributed by atoms with Gasteiger partial charge in [0.1, 0.15) is 0 Å². The van der Waals surface area contributed by atoms with E-state index in [0.717, 1.165) is 12.8 Å². The highest BCUT2D eigenvalue weighted by Gasteiger charge is 2.30. The maximum atomic E-state index is 12.1. The highest BCUT2D eigenvalue weighted by Crippen LogP contribution is 2.18. The summed E-state index contributed by atoms with van der Waals surface area (Å²) in [6.07, 6.45) is 4.63. The number of H-pyrrole nitrogens is 1. The first kappa shape index (κ1) is 11.6. The van der Waals surface area contributed by atoms with E-state index in [9.17, 15) is 8.42 Å². The van der Waals surface area contributed by atoms with Crippen LogP contribution >= 0.6 is 0 Å². The van der Waals surface area contributed by atoms with Crippen LogP contribution in [0.1, 0.15) is 12.8 Å².